The molecule has 1 rings (SSSR count). The minimum Gasteiger partial charge on any atom is -0.481 e. The van der Waals surface area contributed by atoms with Crippen molar-refractivity contribution < 1.29 is 9.53 Å². The first-order valence-electron chi connectivity index (χ1n) is 5.73. The van der Waals surface area contributed by atoms with E-state index in [4.69, 9.17) is 10.6 Å². The van der Waals surface area contributed by atoms with Crippen molar-refractivity contribution in [2.45, 2.75) is 39.7 Å². The van der Waals surface area contributed by atoms with Crippen LogP contribution in [0.2, 0.25) is 0 Å². The Balaban J connectivity index is 2.96. The highest BCUT2D eigenvalue weighted by Gasteiger charge is 2.16. The molecule has 0 fully saturated rings. The predicted molar refractivity (Wildman–Crippen MR) is 67.7 cm³/mol. The van der Waals surface area contributed by atoms with Gasteiger partial charge in [-0.05, 0) is 37.0 Å². The van der Waals surface area contributed by atoms with Gasteiger partial charge in [0.25, 0.3) is 5.91 Å². The van der Waals surface area contributed by atoms with Crippen LogP contribution >= 0.6 is 0 Å². The molecule has 1 atom stereocenters. The minimum atomic E-state index is -0.598. The number of amides is 1. The average Bonchev–Trinajstić information content (AvgIpc) is 2.27. The maximum Gasteiger partial charge on any atom is 0.274 e. The molecular formula is C13H20N2O2. The minimum absolute atomic E-state index is 0.332. The van der Waals surface area contributed by atoms with Crippen molar-refractivity contribution in [1.82, 2.24) is 5.43 Å². The highest BCUT2D eigenvalue weighted by Crippen LogP contribution is 2.28. The van der Waals surface area contributed by atoms with E-state index in [2.05, 4.69) is 19.3 Å². The maximum atomic E-state index is 11.3. The van der Waals surface area contributed by atoms with Gasteiger partial charge in [0.05, 0.1) is 0 Å². The molecule has 1 aromatic carbocycles. The number of hydrazine groups is 1. The zero-order chi connectivity index (χ0) is 13.0. The molecule has 0 radical (unpaired) electrons. The van der Waals surface area contributed by atoms with E-state index in [0.29, 0.717) is 5.92 Å². The lowest BCUT2D eigenvalue weighted by molar-refractivity contribution is -0.127. The van der Waals surface area contributed by atoms with Gasteiger partial charge in [-0.2, -0.15) is 0 Å². The average molecular weight is 236 g/mol. The summed E-state index contributed by atoms with van der Waals surface area (Å²) in [7, 11) is 0. The molecule has 0 aromatic heterocycles. The Bertz CT molecular complexity index is 402. The van der Waals surface area contributed by atoms with Gasteiger partial charge >= 0.3 is 0 Å². The van der Waals surface area contributed by atoms with Crippen molar-refractivity contribution in [3.8, 4) is 5.75 Å². The van der Waals surface area contributed by atoms with E-state index >= 15 is 0 Å². The van der Waals surface area contributed by atoms with Crippen LogP contribution in [0.15, 0.2) is 18.2 Å². The van der Waals surface area contributed by atoms with Crippen LogP contribution in [0.3, 0.4) is 0 Å². The number of hydrogen-bond donors (Lipinski definition) is 2. The van der Waals surface area contributed by atoms with Crippen molar-refractivity contribution in [1.29, 1.82) is 0 Å². The van der Waals surface area contributed by atoms with E-state index < -0.39 is 6.10 Å². The lowest BCUT2D eigenvalue weighted by Gasteiger charge is -2.18. The van der Waals surface area contributed by atoms with Gasteiger partial charge in [0.1, 0.15) is 5.75 Å². The standard InChI is InChI=1S/C13H20N2O2/c1-8(2)11-6-5-9(3)7-12(11)17-10(4)13(16)15-14/h5-8,10H,14H2,1-4H3,(H,15,16). The summed E-state index contributed by atoms with van der Waals surface area (Å²) in [6, 6.07) is 6.01. The molecule has 17 heavy (non-hydrogen) atoms. The van der Waals surface area contributed by atoms with Gasteiger partial charge in [0, 0.05) is 0 Å². The number of nitrogens with two attached hydrogens (primary N) is 1. The number of benzene rings is 1. The molecule has 0 spiro atoms. The molecule has 3 N–H and O–H groups in total. The van der Waals surface area contributed by atoms with Crippen LogP contribution in [0.25, 0.3) is 0 Å². The first-order valence-corrected chi connectivity index (χ1v) is 5.73. The summed E-state index contributed by atoms with van der Waals surface area (Å²) in [6.45, 7) is 7.84. The zero-order valence-electron chi connectivity index (χ0n) is 10.8. The molecule has 0 heterocycles. The third-order valence-electron chi connectivity index (χ3n) is 2.61. The molecule has 0 aliphatic carbocycles. The second-order valence-corrected chi connectivity index (χ2v) is 4.46. The van der Waals surface area contributed by atoms with Crippen LogP contribution in [0.5, 0.6) is 5.75 Å². The van der Waals surface area contributed by atoms with Gasteiger partial charge in [-0.3, -0.25) is 10.2 Å². The highest BCUT2D eigenvalue weighted by atomic mass is 16.5. The number of carbonyl (C=O) groups is 1. The van der Waals surface area contributed by atoms with E-state index in [1.165, 1.54) is 0 Å². The number of hydrogen-bond acceptors (Lipinski definition) is 3. The fourth-order valence-corrected chi connectivity index (χ4v) is 1.58. The highest BCUT2D eigenvalue weighted by molar-refractivity contribution is 5.80. The fraction of sp³-hybridized carbons (Fsp3) is 0.462. The second kappa shape index (κ2) is 5.68. The molecule has 0 saturated carbocycles. The molecule has 0 aliphatic rings. The number of aryl methyl sites for hydroxylation is 1. The van der Waals surface area contributed by atoms with E-state index in [1.54, 1.807) is 6.92 Å². The topological polar surface area (TPSA) is 64.3 Å². The van der Waals surface area contributed by atoms with Gasteiger partial charge < -0.3 is 4.74 Å². The summed E-state index contributed by atoms with van der Waals surface area (Å²) in [5.74, 6) is 5.84. The van der Waals surface area contributed by atoms with Crippen LogP contribution in [0.1, 0.15) is 37.8 Å². The lowest BCUT2D eigenvalue weighted by atomic mass is 10.0. The monoisotopic (exact) mass is 236 g/mol. The summed E-state index contributed by atoms with van der Waals surface area (Å²) < 4.78 is 5.65. The summed E-state index contributed by atoms with van der Waals surface area (Å²) >= 11 is 0. The second-order valence-electron chi connectivity index (χ2n) is 4.46. The number of carbonyl (C=O) groups excluding carboxylic acids is 1. The summed E-state index contributed by atoms with van der Waals surface area (Å²) in [5.41, 5.74) is 4.28. The SMILES string of the molecule is Cc1ccc(C(C)C)c(OC(C)C(=O)NN)c1. The van der Waals surface area contributed by atoms with Gasteiger partial charge in [-0.25, -0.2) is 5.84 Å². The Morgan fingerprint density at radius 2 is 2.00 bits per heavy atom. The summed E-state index contributed by atoms with van der Waals surface area (Å²) in [4.78, 5) is 11.3. The lowest BCUT2D eigenvalue weighted by Crippen LogP contribution is -2.40. The Labute approximate surface area is 102 Å². The number of nitrogens with one attached hydrogen (secondary N) is 1. The molecule has 0 bridgehead atoms. The predicted octanol–water partition coefficient (Wildman–Crippen LogP) is 1.88. The van der Waals surface area contributed by atoms with E-state index in [0.717, 1.165) is 16.9 Å². The Morgan fingerprint density at radius 3 is 2.53 bits per heavy atom. The molecule has 4 nitrogen and oxygen atoms in total. The summed E-state index contributed by atoms with van der Waals surface area (Å²) in [6.07, 6.45) is -0.598. The third-order valence-corrected chi connectivity index (χ3v) is 2.61. The van der Waals surface area contributed by atoms with Crippen molar-refractivity contribution in [3.05, 3.63) is 29.3 Å². The van der Waals surface area contributed by atoms with Crippen LogP contribution in [0, 0.1) is 6.92 Å². The number of ether oxygens (including phenoxy) is 1. The van der Waals surface area contributed by atoms with Gasteiger partial charge in [-0.1, -0.05) is 26.0 Å². The first-order chi connectivity index (χ1) is 7.95. The van der Waals surface area contributed by atoms with E-state index in [-0.39, 0.29) is 5.91 Å². The smallest absolute Gasteiger partial charge is 0.274 e. The van der Waals surface area contributed by atoms with E-state index in [1.807, 2.05) is 25.1 Å². The van der Waals surface area contributed by atoms with Crippen molar-refractivity contribution in [2.24, 2.45) is 5.84 Å². The van der Waals surface area contributed by atoms with Crippen LogP contribution in [-0.4, -0.2) is 12.0 Å². The molecule has 4 heteroatoms. The van der Waals surface area contributed by atoms with Crippen LogP contribution in [0.4, 0.5) is 0 Å². The third kappa shape index (κ3) is 3.46. The Morgan fingerprint density at radius 1 is 1.35 bits per heavy atom. The molecule has 1 unspecified atom stereocenters. The Hall–Kier alpha value is -1.55. The van der Waals surface area contributed by atoms with Crippen molar-refractivity contribution in [2.75, 3.05) is 0 Å². The fourth-order valence-electron chi connectivity index (χ4n) is 1.58. The zero-order valence-corrected chi connectivity index (χ0v) is 10.8. The number of rotatable bonds is 4. The van der Waals surface area contributed by atoms with Crippen molar-refractivity contribution >= 4 is 5.91 Å². The molecule has 1 amide bonds. The quantitative estimate of drug-likeness (QED) is 0.476. The largest absolute Gasteiger partial charge is 0.481 e. The van der Waals surface area contributed by atoms with Crippen LogP contribution in [-0.2, 0) is 4.79 Å². The molecule has 0 saturated heterocycles. The molecule has 94 valence electrons. The molecular weight excluding hydrogens is 216 g/mol. The molecule has 1 aromatic rings. The van der Waals surface area contributed by atoms with Gasteiger partial charge in [0.2, 0.25) is 0 Å². The maximum absolute atomic E-state index is 11.3. The first kappa shape index (κ1) is 13.5. The molecule has 0 aliphatic heterocycles. The van der Waals surface area contributed by atoms with Gasteiger partial charge in [-0.15, -0.1) is 0 Å². The van der Waals surface area contributed by atoms with Crippen LogP contribution < -0.4 is 16.0 Å². The van der Waals surface area contributed by atoms with Gasteiger partial charge in [0.15, 0.2) is 6.10 Å². The summed E-state index contributed by atoms with van der Waals surface area (Å²) in [5, 5.41) is 0. The van der Waals surface area contributed by atoms with Crippen molar-refractivity contribution in [3.63, 3.8) is 0 Å². The van der Waals surface area contributed by atoms with E-state index in [9.17, 15) is 4.79 Å². The Kier molecular flexibility index (Phi) is 4.52. The normalized spacial score (nSPS) is 12.4.